The first-order valence-corrected chi connectivity index (χ1v) is 12.4. The fourth-order valence-corrected chi connectivity index (χ4v) is 4.53. The van der Waals surface area contributed by atoms with Crippen molar-refractivity contribution in [1.29, 1.82) is 10.5 Å². The normalized spacial score (nSPS) is 12.8. The summed E-state index contributed by atoms with van der Waals surface area (Å²) in [7, 11) is 0. The average Bonchev–Trinajstić information content (AvgIpc) is 3.43. The Morgan fingerprint density at radius 3 is 2.35 bits per heavy atom. The summed E-state index contributed by atoms with van der Waals surface area (Å²) in [6.07, 6.45) is 2.53. The SMILES string of the molecule is Cc1ccc(CC(CNC(c2ccc(Nc3ccn[nH]3)cc2)C(C)(C)C#N)c2cccc(C#N)c2)cc1. The average molecular weight is 489 g/mol. The van der Waals surface area contributed by atoms with Crippen molar-refractivity contribution in [3.8, 4) is 12.1 Å². The van der Waals surface area contributed by atoms with Crippen molar-refractivity contribution in [3.63, 3.8) is 0 Å². The van der Waals surface area contributed by atoms with Crippen molar-refractivity contribution in [1.82, 2.24) is 15.5 Å². The van der Waals surface area contributed by atoms with Crippen LogP contribution in [0, 0.1) is 35.0 Å². The van der Waals surface area contributed by atoms with E-state index in [1.807, 2.05) is 50.2 Å². The van der Waals surface area contributed by atoms with Gasteiger partial charge in [0.05, 0.1) is 35.4 Å². The van der Waals surface area contributed by atoms with Crippen LogP contribution < -0.4 is 10.6 Å². The van der Waals surface area contributed by atoms with Crippen LogP contribution in [-0.4, -0.2) is 16.7 Å². The quantitative estimate of drug-likeness (QED) is 0.235. The van der Waals surface area contributed by atoms with Gasteiger partial charge in [0.25, 0.3) is 0 Å². The molecule has 0 aliphatic rings. The van der Waals surface area contributed by atoms with Crippen molar-refractivity contribution < 1.29 is 0 Å². The Morgan fingerprint density at radius 2 is 1.70 bits per heavy atom. The highest BCUT2D eigenvalue weighted by Gasteiger charge is 2.31. The zero-order valence-electron chi connectivity index (χ0n) is 21.5. The molecule has 4 rings (SSSR count). The van der Waals surface area contributed by atoms with E-state index < -0.39 is 5.41 Å². The largest absolute Gasteiger partial charge is 0.341 e. The van der Waals surface area contributed by atoms with Crippen LogP contribution in [-0.2, 0) is 6.42 Å². The maximum absolute atomic E-state index is 10.0. The molecule has 0 fully saturated rings. The second kappa shape index (κ2) is 11.6. The number of aryl methyl sites for hydroxylation is 1. The lowest BCUT2D eigenvalue weighted by Gasteiger charge is -2.32. The fraction of sp³-hybridized carbons (Fsp3) is 0.258. The molecule has 0 aliphatic heterocycles. The highest BCUT2D eigenvalue weighted by atomic mass is 15.2. The third kappa shape index (κ3) is 6.64. The molecule has 6 heteroatoms. The van der Waals surface area contributed by atoms with Gasteiger partial charge in [-0.15, -0.1) is 0 Å². The van der Waals surface area contributed by atoms with Crippen LogP contribution >= 0.6 is 0 Å². The van der Waals surface area contributed by atoms with Crippen LogP contribution in [0.4, 0.5) is 11.5 Å². The Bertz CT molecular complexity index is 1370. The van der Waals surface area contributed by atoms with Crippen LogP contribution in [0.15, 0.2) is 85.1 Å². The van der Waals surface area contributed by atoms with Gasteiger partial charge in [0.2, 0.25) is 0 Å². The maximum atomic E-state index is 10.0. The molecule has 2 atom stereocenters. The molecule has 0 bridgehead atoms. The Morgan fingerprint density at radius 1 is 0.946 bits per heavy atom. The zero-order chi connectivity index (χ0) is 26.3. The third-order valence-corrected chi connectivity index (χ3v) is 6.69. The Balaban J connectivity index is 1.58. The van der Waals surface area contributed by atoms with E-state index >= 15 is 0 Å². The van der Waals surface area contributed by atoms with Gasteiger partial charge in [-0.3, -0.25) is 5.10 Å². The first-order chi connectivity index (χ1) is 17.9. The molecule has 6 nitrogen and oxygen atoms in total. The van der Waals surface area contributed by atoms with E-state index in [1.54, 1.807) is 6.20 Å². The smallest absolute Gasteiger partial charge is 0.125 e. The summed E-state index contributed by atoms with van der Waals surface area (Å²) < 4.78 is 0. The van der Waals surface area contributed by atoms with Crippen molar-refractivity contribution in [2.45, 2.75) is 39.2 Å². The number of hydrogen-bond donors (Lipinski definition) is 3. The maximum Gasteiger partial charge on any atom is 0.125 e. The predicted molar refractivity (Wildman–Crippen MR) is 147 cm³/mol. The zero-order valence-corrected chi connectivity index (χ0v) is 21.5. The third-order valence-electron chi connectivity index (χ3n) is 6.69. The van der Waals surface area contributed by atoms with Gasteiger partial charge in [0.15, 0.2) is 0 Å². The van der Waals surface area contributed by atoms with Crippen LogP contribution in [0.25, 0.3) is 0 Å². The lowest BCUT2D eigenvalue weighted by molar-refractivity contribution is 0.317. The molecular formula is C31H32N6. The number of H-pyrrole nitrogens is 1. The van der Waals surface area contributed by atoms with Crippen LogP contribution in [0.1, 0.15) is 53.6 Å². The minimum Gasteiger partial charge on any atom is -0.341 e. The van der Waals surface area contributed by atoms with Gasteiger partial charge < -0.3 is 10.6 Å². The summed E-state index contributed by atoms with van der Waals surface area (Å²) in [6.45, 7) is 6.68. The van der Waals surface area contributed by atoms with E-state index in [1.165, 1.54) is 11.1 Å². The van der Waals surface area contributed by atoms with Crippen molar-refractivity contribution in [3.05, 3.63) is 113 Å². The molecule has 0 saturated carbocycles. The number of nitrogens with zero attached hydrogens (tertiary/aromatic N) is 3. The van der Waals surface area contributed by atoms with E-state index in [4.69, 9.17) is 0 Å². The standard InChI is InChI=1S/C31H32N6/c1-22-7-9-23(10-8-22)17-27(26-6-4-5-24(18-26)19-32)20-34-30(31(2,3)21-33)25-11-13-28(14-12-25)36-29-15-16-35-37-29/h4-16,18,27,30,34H,17,20H2,1-3H3,(H2,35,36,37). The molecule has 0 spiro atoms. The van der Waals surface area contributed by atoms with E-state index in [2.05, 4.69) is 82.4 Å². The van der Waals surface area contributed by atoms with Crippen LogP contribution in [0.3, 0.4) is 0 Å². The predicted octanol–water partition coefficient (Wildman–Crippen LogP) is 6.54. The van der Waals surface area contributed by atoms with Crippen LogP contribution in [0.5, 0.6) is 0 Å². The van der Waals surface area contributed by atoms with Crippen molar-refractivity contribution in [2.24, 2.45) is 5.41 Å². The molecule has 2 unspecified atom stereocenters. The molecule has 37 heavy (non-hydrogen) atoms. The molecule has 0 aliphatic carbocycles. The van der Waals surface area contributed by atoms with Gasteiger partial charge in [-0.1, -0.05) is 54.1 Å². The minimum absolute atomic E-state index is 0.134. The van der Waals surface area contributed by atoms with Gasteiger partial charge in [0, 0.05) is 24.2 Å². The summed E-state index contributed by atoms with van der Waals surface area (Å²) in [6, 6.07) is 31.0. The van der Waals surface area contributed by atoms with Crippen molar-refractivity contribution in [2.75, 3.05) is 11.9 Å². The second-order valence-electron chi connectivity index (χ2n) is 10.0. The fourth-order valence-electron chi connectivity index (χ4n) is 4.53. The van der Waals surface area contributed by atoms with Gasteiger partial charge in [-0.2, -0.15) is 15.6 Å². The summed E-state index contributed by atoms with van der Waals surface area (Å²) in [5.74, 6) is 0.952. The molecule has 1 aromatic heterocycles. The molecule has 0 saturated heterocycles. The lowest BCUT2D eigenvalue weighted by Crippen LogP contribution is -2.36. The summed E-state index contributed by atoms with van der Waals surface area (Å²) in [5, 5.41) is 33.3. The number of aromatic amines is 1. The molecular weight excluding hydrogens is 456 g/mol. The minimum atomic E-state index is -0.638. The number of benzene rings is 3. The van der Waals surface area contributed by atoms with E-state index in [-0.39, 0.29) is 12.0 Å². The van der Waals surface area contributed by atoms with Gasteiger partial charge >= 0.3 is 0 Å². The number of nitrogens with one attached hydrogen (secondary N) is 3. The number of hydrogen-bond acceptors (Lipinski definition) is 5. The van der Waals surface area contributed by atoms with Crippen molar-refractivity contribution >= 4 is 11.5 Å². The molecule has 3 aromatic carbocycles. The van der Waals surface area contributed by atoms with E-state index in [9.17, 15) is 10.5 Å². The first-order valence-electron chi connectivity index (χ1n) is 12.4. The molecule has 1 heterocycles. The number of rotatable bonds is 10. The van der Waals surface area contributed by atoms with Gasteiger partial charge in [0.1, 0.15) is 5.82 Å². The number of anilines is 2. The second-order valence-corrected chi connectivity index (χ2v) is 10.0. The monoisotopic (exact) mass is 488 g/mol. The number of nitriles is 2. The summed E-state index contributed by atoms with van der Waals surface area (Å²) in [5.41, 5.74) is 5.58. The lowest BCUT2D eigenvalue weighted by atomic mass is 9.81. The Labute approximate surface area is 219 Å². The molecule has 3 N–H and O–H groups in total. The number of aromatic nitrogens is 2. The molecule has 4 aromatic rings. The Hall–Kier alpha value is -4.39. The Kier molecular flexibility index (Phi) is 8.03. The summed E-state index contributed by atoms with van der Waals surface area (Å²) in [4.78, 5) is 0. The van der Waals surface area contributed by atoms with Gasteiger partial charge in [-0.05, 0) is 68.1 Å². The first kappa shape index (κ1) is 25.7. The molecule has 0 radical (unpaired) electrons. The van der Waals surface area contributed by atoms with E-state index in [0.717, 1.165) is 29.1 Å². The van der Waals surface area contributed by atoms with E-state index in [0.29, 0.717) is 12.1 Å². The highest BCUT2D eigenvalue weighted by Crippen LogP contribution is 2.34. The van der Waals surface area contributed by atoms with Gasteiger partial charge in [-0.25, -0.2) is 0 Å². The summed E-state index contributed by atoms with van der Waals surface area (Å²) >= 11 is 0. The topological polar surface area (TPSA) is 100 Å². The molecule has 0 amide bonds. The molecule has 186 valence electrons. The van der Waals surface area contributed by atoms with Crippen LogP contribution in [0.2, 0.25) is 0 Å². The highest BCUT2D eigenvalue weighted by molar-refractivity contribution is 5.56.